The third kappa shape index (κ3) is 6.58. The molecule has 9 heteroatoms. The second kappa shape index (κ2) is 6.89. The SMILES string of the molecule is C=CS(=O)(=O)CC(CC)(CS(=O)(=O)C=C)CS(=O)(=O)C=C. The van der Waals surface area contributed by atoms with Crippen LogP contribution in [0.1, 0.15) is 13.3 Å². The third-order valence-corrected chi connectivity index (χ3v) is 7.60. The highest BCUT2D eigenvalue weighted by Crippen LogP contribution is 2.30. The Hall–Kier alpha value is -0.930. The van der Waals surface area contributed by atoms with Crippen LogP contribution in [0.15, 0.2) is 36.0 Å². The van der Waals surface area contributed by atoms with Gasteiger partial charge in [0.2, 0.25) is 0 Å². The molecule has 0 saturated carbocycles. The maximum absolute atomic E-state index is 11.8. The minimum absolute atomic E-state index is 0.0419. The van der Waals surface area contributed by atoms with Crippen LogP contribution in [0.4, 0.5) is 0 Å². The fourth-order valence-electron chi connectivity index (χ4n) is 1.89. The van der Waals surface area contributed by atoms with Gasteiger partial charge >= 0.3 is 0 Å². The number of rotatable bonds is 10. The minimum atomic E-state index is -3.78. The van der Waals surface area contributed by atoms with Crippen molar-refractivity contribution in [1.29, 1.82) is 0 Å². The highest BCUT2D eigenvalue weighted by Gasteiger charge is 2.40. The highest BCUT2D eigenvalue weighted by atomic mass is 32.2. The monoisotopic (exact) mass is 356 g/mol. The summed E-state index contributed by atoms with van der Waals surface area (Å²) in [5.74, 6) is -1.87. The maximum Gasteiger partial charge on any atom is 0.171 e. The molecule has 0 spiro atoms. The smallest absolute Gasteiger partial charge is 0.171 e. The molecule has 0 unspecified atom stereocenters. The van der Waals surface area contributed by atoms with Crippen LogP contribution in [0.2, 0.25) is 0 Å². The molecule has 6 nitrogen and oxygen atoms in total. The number of hydrogen-bond donors (Lipinski definition) is 0. The standard InChI is InChI=1S/C12H20O6S3/c1-5-12(9-19(13,14)6-2,10-20(15,16)7-3)11-21(17,18)8-4/h6-8H,2-5,9-11H2,1H3. The number of sulfone groups is 3. The van der Waals surface area contributed by atoms with Crippen molar-refractivity contribution in [2.45, 2.75) is 13.3 Å². The summed E-state index contributed by atoms with van der Waals surface area (Å²) in [5.41, 5.74) is -1.48. The van der Waals surface area contributed by atoms with E-state index < -0.39 is 52.2 Å². The van der Waals surface area contributed by atoms with E-state index in [1.165, 1.54) is 6.92 Å². The molecular formula is C12H20O6S3. The summed E-state index contributed by atoms with van der Waals surface area (Å²) in [4.78, 5) is 0. The van der Waals surface area contributed by atoms with Crippen molar-refractivity contribution >= 4 is 29.5 Å². The van der Waals surface area contributed by atoms with Gasteiger partial charge in [0.1, 0.15) is 0 Å². The number of hydrogen-bond acceptors (Lipinski definition) is 6. The first-order chi connectivity index (χ1) is 9.36. The zero-order chi connectivity index (χ0) is 16.9. The molecule has 0 amide bonds. The maximum atomic E-state index is 11.8. The van der Waals surface area contributed by atoms with Crippen LogP contribution in [0.5, 0.6) is 0 Å². The summed E-state index contributed by atoms with van der Waals surface area (Å²) in [5, 5.41) is 2.08. The first kappa shape index (κ1) is 20.1. The molecule has 0 aliphatic heterocycles. The van der Waals surface area contributed by atoms with Crippen molar-refractivity contribution in [3.63, 3.8) is 0 Å². The van der Waals surface area contributed by atoms with Gasteiger partial charge in [-0.05, 0) is 6.42 Å². The molecule has 122 valence electrons. The molecule has 0 aliphatic carbocycles. The topological polar surface area (TPSA) is 102 Å². The van der Waals surface area contributed by atoms with Gasteiger partial charge < -0.3 is 0 Å². The highest BCUT2D eigenvalue weighted by molar-refractivity contribution is 7.96. The Balaban J connectivity index is 5.99. The van der Waals surface area contributed by atoms with E-state index >= 15 is 0 Å². The largest absolute Gasteiger partial charge is 0.224 e. The van der Waals surface area contributed by atoms with Crippen LogP contribution in [-0.4, -0.2) is 42.5 Å². The molecule has 0 atom stereocenters. The molecule has 0 aromatic rings. The van der Waals surface area contributed by atoms with Gasteiger partial charge in [0.15, 0.2) is 29.5 Å². The van der Waals surface area contributed by atoms with Crippen LogP contribution in [0.3, 0.4) is 0 Å². The lowest BCUT2D eigenvalue weighted by molar-refractivity contribution is 0.399. The van der Waals surface area contributed by atoms with Crippen LogP contribution in [0.25, 0.3) is 0 Å². The molecule has 0 heterocycles. The van der Waals surface area contributed by atoms with Crippen LogP contribution in [-0.2, 0) is 29.5 Å². The Morgan fingerprint density at radius 3 is 1.10 bits per heavy atom. The predicted molar refractivity (Wildman–Crippen MR) is 84.7 cm³/mol. The predicted octanol–water partition coefficient (Wildman–Crippen LogP) is 1.06. The molecule has 0 N–H and O–H groups in total. The molecule has 0 radical (unpaired) electrons. The van der Waals surface area contributed by atoms with E-state index in [-0.39, 0.29) is 6.42 Å². The Bertz CT molecular complexity index is 613. The molecular weight excluding hydrogens is 336 g/mol. The van der Waals surface area contributed by atoms with Crippen molar-refractivity contribution in [3.8, 4) is 0 Å². The summed E-state index contributed by atoms with van der Waals surface area (Å²) in [6.45, 7) is 11.0. The van der Waals surface area contributed by atoms with Crippen molar-refractivity contribution in [3.05, 3.63) is 36.0 Å². The van der Waals surface area contributed by atoms with E-state index in [0.29, 0.717) is 16.2 Å². The average molecular weight is 356 g/mol. The minimum Gasteiger partial charge on any atom is -0.224 e. The molecule has 0 aromatic carbocycles. The first-order valence-electron chi connectivity index (χ1n) is 5.92. The van der Waals surface area contributed by atoms with Crippen LogP contribution >= 0.6 is 0 Å². The molecule has 0 aromatic heterocycles. The second-order valence-corrected chi connectivity index (χ2v) is 10.6. The Labute approximate surface area is 127 Å². The van der Waals surface area contributed by atoms with E-state index in [1.807, 2.05) is 0 Å². The summed E-state index contributed by atoms with van der Waals surface area (Å²) < 4.78 is 70.6. The summed E-state index contributed by atoms with van der Waals surface area (Å²) in [7, 11) is -11.4. The Morgan fingerprint density at radius 1 is 0.714 bits per heavy atom. The first-order valence-corrected chi connectivity index (χ1v) is 11.1. The van der Waals surface area contributed by atoms with Gasteiger partial charge in [-0.2, -0.15) is 0 Å². The van der Waals surface area contributed by atoms with Crippen molar-refractivity contribution in [1.82, 2.24) is 0 Å². The van der Waals surface area contributed by atoms with Crippen LogP contribution < -0.4 is 0 Å². The normalized spacial score (nSPS) is 13.6. The lowest BCUT2D eigenvalue weighted by atomic mass is 9.92. The van der Waals surface area contributed by atoms with E-state index in [1.54, 1.807) is 0 Å². The summed E-state index contributed by atoms with van der Waals surface area (Å²) in [6.07, 6.45) is 0.0419. The summed E-state index contributed by atoms with van der Waals surface area (Å²) >= 11 is 0. The van der Waals surface area contributed by atoms with Crippen LogP contribution in [0, 0.1) is 5.41 Å². The third-order valence-electron chi connectivity index (χ3n) is 3.03. The zero-order valence-corrected chi connectivity index (χ0v) is 14.3. The van der Waals surface area contributed by atoms with E-state index in [9.17, 15) is 25.3 Å². The quantitative estimate of drug-likeness (QED) is 0.580. The molecule has 0 fully saturated rings. The molecule has 0 saturated heterocycles. The molecule has 0 rings (SSSR count). The molecule has 21 heavy (non-hydrogen) atoms. The second-order valence-electron chi connectivity index (χ2n) is 4.78. The Kier molecular flexibility index (Phi) is 6.58. The van der Waals surface area contributed by atoms with Gasteiger partial charge in [0.05, 0.1) is 17.3 Å². The van der Waals surface area contributed by atoms with E-state index in [2.05, 4.69) is 19.7 Å². The van der Waals surface area contributed by atoms with E-state index in [0.717, 1.165) is 0 Å². The summed E-state index contributed by atoms with van der Waals surface area (Å²) in [6, 6.07) is 0. The van der Waals surface area contributed by atoms with Gasteiger partial charge in [0.25, 0.3) is 0 Å². The average Bonchev–Trinajstić information content (AvgIpc) is 2.37. The van der Waals surface area contributed by atoms with Gasteiger partial charge in [0, 0.05) is 21.6 Å². The van der Waals surface area contributed by atoms with Crippen molar-refractivity contribution in [2.75, 3.05) is 17.3 Å². The van der Waals surface area contributed by atoms with Crippen molar-refractivity contribution < 1.29 is 25.3 Å². The Morgan fingerprint density at radius 2 is 0.952 bits per heavy atom. The van der Waals surface area contributed by atoms with E-state index in [4.69, 9.17) is 0 Å². The fraction of sp³-hybridized carbons (Fsp3) is 0.500. The fourth-order valence-corrected chi connectivity index (χ4v) is 6.41. The van der Waals surface area contributed by atoms with Gasteiger partial charge in [-0.3, -0.25) is 0 Å². The van der Waals surface area contributed by atoms with Gasteiger partial charge in [-0.25, -0.2) is 25.3 Å². The lowest BCUT2D eigenvalue weighted by Gasteiger charge is -2.30. The van der Waals surface area contributed by atoms with Gasteiger partial charge in [-0.15, -0.1) is 0 Å². The van der Waals surface area contributed by atoms with Crippen molar-refractivity contribution in [2.24, 2.45) is 5.41 Å². The van der Waals surface area contributed by atoms with Gasteiger partial charge in [-0.1, -0.05) is 26.7 Å². The zero-order valence-electron chi connectivity index (χ0n) is 11.9. The lowest BCUT2D eigenvalue weighted by Crippen LogP contribution is -2.41. The molecule has 0 aliphatic rings. The molecule has 0 bridgehead atoms.